The standard InChI is InChI=1S/C16H19NO2/c18-15(13-7-3-1-4-8-13)11-17-12-16(19)14-9-5-2-6-10-14/h1-10,15-19H,11-12H2/p+1/t15-,16+. The summed E-state index contributed by atoms with van der Waals surface area (Å²) in [5.41, 5.74) is 1.82. The molecule has 3 heteroatoms. The number of rotatable bonds is 6. The Labute approximate surface area is 113 Å². The highest BCUT2D eigenvalue weighted by molar-refractivity contribution is 5.18. The van der Waals surface area contributed by atoms with E-state index in [1.165, 1.54) is 0 Å². The minimum atomic E-state index is -0.496. The number of nitrogens with two attached hydrogens (primary N) is 1. The van der Waals surface area contributed by atoms with Crippen molar-refractivity contribution in [3.8, 4) is 0 Å². The van der Waals surface area contributed by atoms with Gasteiger partial charge in [-0.3, -0.25) is 0 Å². The van der Waals surface area contributed by atoms with Crippen LogP contribution in [0.4, 0.5) is 0 Å². The Morgan fingerprint density at radius 1 is 0.684 bits per heavy atom. The number of hydrogen-bond donors (Lipinski definition) is 3. The normalized spacial score (nSPS) is 14.0. The van der Waals surface area contributed by atoms with Crippen molar-refractivity contribution in [2.45, 2.75) is 12.2 Å². The molecule has 4 N–H and O–H groups in total. The van der Waals surface area contributed by atoms with E-state index in [9.17, 15) is 10.2 Å². The summed E-state index contributed by atoms with van der Waals surface area (Å²) in [5.74, 6) is 0. The van der Waals surface area contributed by atoms with Gasteiger partial charge in [-0.15, -0.1) is 0 Å². The van der Waals surface area contributed by atoms with Crippen LogP contribution in [-0.2, 0) is 0 Å². The first kappa shape index (κ1) is 13.7. The monoisotopic (exact) mass is 258 g/mol. The Morgan fingerprint density at radius 3 is 1.42 bits per heavy atom. The Morgan fingerprint density at radius 2 is 1.05 bits per heavy atom. The lowest BCUT2D eigenvalue weighted by molar-refractivity contribution is -0.668. The van der Waals surface area contributed by atoms with Gasteiger partial charge >= 0.3 is 0 Å². The van der Waals surface area contributed by atoms with Gasteiger partial charge in [0.15, 0.2) is 0 Å². The van der Waals surface area contributed by atoms with Crippen molar-refractivity contribution >= 4 is 0 Å². The van der Waals surface area contributed by atoms with E-state index in [1.54, 1.807) is 0 Å². The molecule has 0 amide bonds. The van der Waals surface area contributed by atoms with Gasteiger partial charge in [0.05, 0.1) is 0 Å². The van der Waals surface area contributed by atoms with Gasteiger partial charge in [-0.2, -0.15) is 0 Å². The fraction of sp³-hybridized carbons (Fsp3) is 0.250. The molecule has 0 heterocycles. The van der Waals surface area contributed by atoms with E-state index in [1.807, 2.05) is 66.0 Å². The maximum atomic E-state index is 9.99. The van der Waals surface area contributed by atoms with E-state index in [0.29, 0.717) is 13.1 Å². The molecule has 0 aliphatic carbocycles. The highest BCUT2D eigenvalue weighted by Gasteiger charge is 2.12. The molecule has 3 nitrogen and oxygen atoms in total. The molecule has 0 spiro atoms. The lowest BCUT2D eigenvalue weighted by Crippen LogP contribution is -2.86. The molecule has 2 aromatic carbocycles. The lowest BCUT2D eigenvalue weighted by Gasteiger charge is -2.13. The number of hydrogen-bond acceptors (Lipinski definition) is 2. The molecule has 2 atom stereocenters. The molecular formula is C16H20NO2+. The zero-order valence-corrected chi connectivity index (χ0v) is 10.8. The second-order valence-electron chi connectivity index (χ2n) is 4.61. The van der Waals surface area contributed by atoms with E-state index >= 15 is 0 Å². The number of quaternary nitrogens is 1. The smallest absolute Gasteiger partial charge is 0.128 e. The Kier molecular flexibility index (Phi) is 5.10. The molecule has 0 aliphatic rings. The first-order valence-electron chi connectivity index (χ1n) is 6.55. The van der Waals surface area contributed by atoms with Crippen molar-refractivity contribution in [2.75, 3.05) is 13.1 Å². The highest BCUT2D eigenvalue weighted by atomic mass is 16.3. The van der Waals surface area contributed by atoms with Crippen LogP contribution in [0.25, 0.3) is 0 Å². The second-order valence-corrected chi connectivity index (χ2v) is 4.61. The molecule has 0 bridgehead atoms. The van der Waals surface area contributed by atoms with Crippen LogP contribution in [0, 0.1) is 0 Å². The largest absolute Gasteiger partial charge is 0.382 e. The van der Waals surface area contributed by atoms with Crippen molar-refractivity contribution in [3.05, 3.63) is 71.8 Å². The fourth-order valence-corrected chi connectivity index (χ4v) is 2.03. The summed E-state index contributed by atoms with van der Waals surface area (Å²) in [6.45, 7) is 1.10. The molecule has 2 rings (SSSR count). The number of aliphatic hydroxyl groups excluding tert-OH is 2. The van der Waals surface area contributed by atoms with Crippen LogP contribution in [0.1, 0.15) is 23.3 Å². The van der Waals surface area contributed by atoms with E-state index in [0.717, 1.165) is 11.1 Å². The molecular weight excluding hydrogens is 238 g/mol. The summed E-state index contributed by atoms with van der Waals surface area (Å²) < 4.78 is 0. The van der Waals surface area contributed by atoms with Crippen molar-refractivity contribution in [1.82, 2.24) is 0 Å². The molecule has 2 aromatic rings. The predicted molar refractivity (Wildman–Crippen MR) is 74.5 cm³/mol. The zero-order valence-electron chi connectivity index (χ0n) is 10.8. The highest BCUT2D eigenvalue weighted by Crippen LogP contribution is 2.10. The van der Waals surface area contributed by atoms with Gasteiger partial charge < -0.3 is 15.5 Å². The third-order valence-corrected chi connectivity index (χ3v) is 3.15. The average molecular weight is 258 g/mol. The van der Waals surface area contributed by atoms with Gasteiger partial charge in [0.1, 0.15) is 25.3 Å². The summed E-state index contributed by atoms with van der Waals surface area (Å²) in [5, 5.41) is 21.9. The maximum absolute atomic E-state index is 9.99. The Bertz CT molecular complexity index is 427. The fourth-order valence-electron chi connectivity index (χ4n) is 2.03. The lowest BCUT2D eigenvalue weighted by atomic mass is 10.1. The van der Waals surface area contributed by atoms with Crippen molar-refractivity contribution in [3.63, 3.8) is 0 Å². The van der Waals surface area contributed by atoms with Gasteiger partial charge in [-0.1, -0.05) is 60.7 Å². The Balaban J connectivity index is 1.78. The minimum absolute atomic E-state index is 0.496. The van der Waals surface area contributed by atoms with E-state index in [4.69, 9.17) is 0 Å². The molecule has 0 aliphatic heterocycles. The minimum Gasteiger partial charge on any atom is -0.382 e. The molecule has 19 heavy (non-hydrogen) atoms. The van der Waals surface area contributed by atoms with Crippen molar-refractivity contribution in [1.29, 1.82) is 0 Å². The third-order valence-electron chi connectivity index (χ3n) is 3.15. The topological polar surface area (TPSA) is 57.1 Å². The van der Waals surface area contributed by atoms with Gasteiger partial charge in [0.25, 0.3) is 0 Å². The first-order chi connectivity index (χ1) is 9.27. The Hall–Kier alpha value is -1.68. The summed E-state index contributed by atoms with van der Waals surface area (Å²) in [6.07, 6.45) is -0.992. The maximum Gasteiger partial charge on any atom is 0.128 e. The zero-order chi connectivity index (χ0) is 13.5. The van der Waals surface area contributed by atoms with E-state index in [-0.39, 0.29) is 0 Å². The molecule has 0 saturated heterocycles. The first-order valence-corrected chi connectivity index (χ1v) is 6.55. The van der Waals surface area contributed by atoms with Crippen LogP contribution in [0.5, 0.6) is 0 Å². The summed E-state index contributed by atoms with van der Waals surface area (Å²) in [7, 11) is 0. The van der Waals surface area contributed by atoms with Crippen LogP contribution >= 0.6 is 0 Å². The third kappa shape index (κ3) is 4.17. The molecule has 0 radical (unpaired) electrons. The van der Waals surface area contributed by atoms with Crippen LogP contribution in [0.15, 0.2) is 60.7 Å². The molecule has 0 saturated carbocycles. The summed E-state index contributed by atoms with van der Waals surface area (Å²) in [4.78, 5) is 0. The SMILES string of the molecule is O[C@H](C[NH2+]C[C@H](O)c1ccccc1)c1ccccc1. The van der Waals surface area contributed by atoms with Crippen LogP contribution in [0.2, 0.25) is 0 Å². The molecule has 0 fully saturated rings. The van der Waals surface area contributed by atoms with Crippen LogP contribution in [-0.4, -0.2) is 23.3 Å². The quantitative estimate of drug-likeness (QED) is 0.724. The van der Waals surface area contributed by atoms with Crippen molar-refractivity contribution in [2.24, 2.45) is 0 Å². The predicted octanol–water partition coefficient (Wildman–Crippen LogP) is 1.02. The summed E-state index contributed by atoms with van der Waals surface area (Å²) >= 11 is 0. The van der Waals surface area contributed by atoms with Gasteiger partial charge in [0.2, 0.25) is 0 Å². The van der Waals surface area contributed by atoms with Gasteiger partial charge in [-0.25, -0.2) is 0 Å². The van der Waals surface area contributed by atoms with Gasteiger partial charge in [-0.05, 0) is 11.1 Å². The summed E-state index contributed by atoms with van der Waals surface area (Å²) in [6, 6.07) is 19.2. The molecule has 100 valence electrons. The van der Waals surface area contributed by atoms with Crippen molar-refractivity contribution < 1.29 is 15.5 Å². The average Bonchev–Trinajstić information content (AvgIpc) is 2.49. The molecule has 0 unspecified atom stereocenters. The van der Waals surface area contributed by atoms with Gasteiger partial charge in [0, 0.05) is 0 Å². The van der Waals surface area contributed by atoms with E-state index in [2.05, 4.69) is 0 Å². The van der Waals surface area contributed by atoms with E-state index < -0.39 is 12.2 Å². The number of aliphatic hydroxyl groups is 2. The second kappa shape index (κ2) is 7.04. The van der Waals surface area contributed by atoms with Crippen LogP contribution < -0.4 is 5.32 Å². The van der Waals surface area contributed by atoms with Crippen LogP contribution in [0.3, 0.4) is 0 Å². The number of benzene rings is 2. The molecule has 0 aromatic heterocycles.